The Balaban J connectivity index is 1.33. The Kier molecular flexibility index (Phi) is 3.83. The lowest BCUT2D eigenvalue weighted by Crippen LogP contribution is -2.54. The van der Waals surface area contributed by atoms with Crippen molar-refractivity contribution in [2.45, 2.75) is 50.5 Å². The monoisotopic (exact) mass is 354 g/mol. The van der Waals surface area contributed by atoms with Crippen LogP contribution in [0.1, 0.15) is 37.7 Å². The van der Waals surface area contributed by atoms with Crippen LogP contribution in [0.5, 0.6) is 5.75 Å². The van der Waals surface area contributed by atoms with Crippen LogP contribution in [-0.2, 0) is 11.3 Å². The van der Waals surface area contributed by atoms with E-state index in [-0.39, 0.29) is 0 Å². The molecule has 2 aliphatic heterocycles. The van der Waals surface area contributed by atoms with Gasteiger partial charge in [0.25, 0.3) is 6.20 Å². The van der Waals surface area contributed by atoms with Gasteiger partial charge in [-0.25, -0.2) is 0 Å². The maximum absolute atomic E-state index is 11.5. The minimum absolute atomic E-state index is 0.467. The molecule has 2 aromatic rings. The highest BCUT2D eigenvalue weighted by Gasteiger charge is 2.42. The van der Waals surface area contributed by atoms with Crippen molar-refractivity contribution in [1.82, 2.24) is 10.00 Å². The summed E-state index contributed by atoms with van der Waals surface area (Å²) in [5, 5.41) is 2.79. The van der Waals surface area contributed by atoms with Crippen LogP contribution in [0, 0.1) is 4.91 Å². The number of fused-ring (bicyclic) bond motifs is 1. The van der Waals surface area contributed by atoms with Crippen molar-refractivity contribution in [3.8, 4) is 17.0 Å². The highest BCUT2D eigenvalue weighted by atomic mass is 16.7. The van der Waals surface area contributed by atoms with Gasteiger partial charge in [-0.15, -0.1) is 5.10 Å². The molecule has 3 aliphatic rings. The molecular weight excluding hydrogens is 330 g/mol. The molecular formula is C20H24N3O3+. The number of hydrogen-bond donors (Lipinski definition) is 1. The summed E-state index contributed by atoms with van der Waals surface area (Å²) in [5.74, 6) is 0.439. The molecule has 0 bridgehead atoms. The second kappa shape index (κ2) is 6.21. The molecule has 0 atom stereocenters. The van der Waals surface area contributed by atoms with Crippen molar-refractivity contribution in [3.63, 3.8) is 0 Å². The summed E-state index contributed by atoms with van der Waals surface area (Å²) in [6, 6.07) is 10.4. The highest BCUT2D eigenvalue weighted by molar-refractivity contribution is 5.61. The summed E-state index contributed by atoms with van der Waals surface area (Å²) in [4.78, 5) is 14.1. The summed E-state index contributed by atoms with van der Waals surface area (Å²) in [5.41, 5.74) is 2.76. The van der Waals surface area contributed by atoms with E-state index in [0.29, 0.717) is 11.1 Å². The third kappa shape index (κ3) is 2.83. The van der Waals surface area contributed by atoms with Gasteiger partial charge in [0.05, 0.1) is 11.5 Å². The number of nitrogens with one attached hydrogen (secondary N) is 1. The van der Waals surface area contributed by atoms with E-state index < -0.39 is 5.79 Å². The Hall–Kier alpha value is -2.18. The molecule has 2 fully saturated rings. The van der Waals surface area contributed by atoms with Crippen molar-refractivity contribution in [3.05, 3.63) is 47.0 Å². The van der Waals surface area contributed by atoms with E-state index in [1.165, 1.54) is 25.5 Å². The van der Waals surface area contributed by atoms with Gasteiger partial charge in [0.1, 0.15) is 11.4 Å². The molecule has 1 spiro atoms. The maximum Gasteiger partial charge on any atom is 0.257 e. The quantitative estimate of drug-likeness (QED) is 0.843. The summed E-state index contributed by atoms with van der Waals surface area (Å²) in [6.45, 7) is 2.66. The molecule has 1 saturated heterocycles. The lowest BCUT2D eigenvalue weighted by atomic mass is 9.89. The van der Waals surface area contributed by atoms with Crippen LogP contribution in [0.3, 0.4) is 0 Å². The van der Waals surface area contributed by atoms with Crippen molar-refractivity contribution in [2.24, 2.45) is 0 Å². The number of benzene rings is 1. The fourth-order valence-electron chi connectivity index (χ4n) is 4.20. The fraction of sp³-hybridized carbons (Fsp3) is 0.500. The van der Waals surface area contributed by atoms with Crippen molar-refractivity contribution < 1.29 is 14.0 Å². The van der Waals surface area contributed by atoms with E-state index in [1.807, 2.05) is 24.3 Å². The SMILES string of the molecule is O=[n+]1cccc(-c2ccc3c(c2)COC2(CCN(C4CCC4)CC2)O3)[nH]1. The molecule has 1 N–H and O–H groups in total. The predicted molar refractivity (Wildman–Crippen MR) is 96.2 cm³/mol. The van der Waals surface area contributed by atoms with Gasteiger partial charge < -0.3 is 9.47 Å². The van der Waals surface area contributed by atoms with E-state index in [9.17, 15) is 4.91 Å². The minimum Gasteiger partial charge on any atom is -0.462 e. The summed E-state index contributed by atoms with van der Waals surface area (Å²) < 4.78 is 13.2. The zero-order valence-corrected chi connectivity index (χ0v) is 14.8. The molecule has 6 nitrogen and oxygen atoms in total. The number of likely N-dealkylation sites (tertiary alicyclic amines) is 1. The molecule has 5 rings (SSSR count). The lowest BCUT2D eigenvalue weighted by molar-refractivity contribution is -0.563. The average molecular weight is 354 g/mol. The second-order valence-corrected chi connectivity index (χ2v) is 7.60. The first-order chi connectivity index (χ1) is 12.7. The van der Waals surface area contributed by atoms with E-state index >= 15 is 0 Å². The highest BCUT2D eigenvalue weighted by Crippen LogP contribution is 2.40. The van der Waals surface area contributed by atoms with Gasteiger partial charge in [-0.2, -0.15) is 0 Å². The average Bonchev–Trinajstić information content (AvgIpc) is 2.62. The Morgan fingerprint density at radius 2 is 2.04 bits per heavy atom. The molecule has 136 valence electrons. The Morgan fingerprint density at radius 3 is 2.77 bits per heavy atom. The van der Waals surface area contributed by atoms with Gasteiger partial charge in [-0.3, -0.25) is 4.90 Å². The molecule has 1 saturated carbocycles. The Morgan fingerprint density at radius 1 is 1.19 bits per heavy atom. The van der Waals surface area contributed by atoms with Crippen LogP contribution in [0.15, 0.2) is 36.5 Å². The van der Waals surface area contributed by atoms with Crippen molar-refractivity contribution in [2.75, 3.05) is 13.1 Å². The maximum atomic E-state index is 11.5. The van der Waals surface area contributed by atoms with Crippen LogP contribution in [-0.4, -0.2) is 34.9 Å². The topological polar surface area (TPSA) is 60.5 Å². The fourth-order valence-corrected chi connectivity index (χ4v) is 4.20. The third-order valence-corrected chi connectivity index (χ3v) is 6.02. The van der Waals surface area contributed by atoms with Gasteiger partial charge in [-0.05, 0) is 37.1 Å². The number of rotatable bonds is 2. The molecule has 1 aliphatic carbocycles. The molecule has 26 heavy (non-hydrogen) atoms. The second-order valence-electron chi connectivity index (χ2n) is 7.60. The van der Waals surface area contributed by atoms with Crippen LogP contribution in [0.4, 0.5) is 0 Å². The number of ether oxygens (including phenoxy) is 2. The van der Waals surface area contributed by atoms with E-state index in [4.69, 9.17) is 9.47 Å². The number of H-pyrrole nitrogens is 1. The van der Waals surface area contributed by atoms with Crippen molar-refractivity contribution in [1.29, 1.82) is 0 Å². The first-order valence-electron chi connectivity index (χ1n) is 9.53. The van der Waals surface area contributed by atoms with Crippen LogP contribution in [0.25, 0.3) is 11.3 Å². The van der Waals surface area contributed by atoms with Crippen LogP contribution >= 0.6 is 0 Å². The zero-order valence-electron chi connectivity index (χ0n) is 14.8. The number of piperidine rings is 1. The normalized spacial score (nSPS) is 22.5. The first-order valence-corrected chi connectivity index (χ1v) is 9.53. The number of hydrogen-bond acceptors (Lipinski definition) is 4. The van der Waals surface area contributed by atoms with Gasteiger partial charge in [0.15, 0.2) is 4.54 Å². The smallest absolute Gasteiger partial charge is 0.257 e. The van der Waals surface area contributed by atoms with Gasteiger partial charge in [0, 0.05) is 49.2 Å². The van der Waals surface area contributed by atoms with Crippen LogP contribution in [0.2, 0.25) is 0 Å². The molecule has 1 aromatic heterocycles. The molecule has 6 heteroatoms. The van der Waals surface area contributed by atoms with Gasteiger partial charge in [-0.1, -0.05) is 6.42 Å². The predicted octanol–water partition coefficient (Wildman–Crippen LogP) is 2.85. The third-order valence-electron chi connectivity index (χ3n) is 6.02. The molecule has 0 unspecified atom stereocenters. The van der Waals surface area contributed by atoms with Crippen LogP contribution < -0.4 is 9.28 Å². The van der Waals surface area contributed by atoms with Gasteiger partial charge >= 0.3 is 0 Å². The number of nitrogens with zero attached hydrogens (tertiary/aromatic N) is 2. The zero-order chi connectivity index (χ0) is 17.6. The minimum atomic E-state index is -0.467. The number of aromatic nitrogens is 2. The molecule has 1 aromatic carbocycles. The Bertz CT molecular complexity index is 867. The summed E-state index contributed by atoms with van der Waals surface area (Å²) in [6.07, 6.45) is 7.36. The first kappa shape index (κ1) is 16.0. The molecule has 0 radical (unpaired) electrons. The summed E-state index contributed by atoms with van der Waals surface area (Å²) in [7, 11) is 0. The van der Waals surface area contributed by atoms with Crippen molar-refractivity contribution >= 4 is 0 Å². The molecule has 3 heterocycles. The largest absolute Gasteiger partial charge is 0.462 e. The van der Waals surface area contributed by atoms with Gasteiger partial charge in [0.2, 0.25) is 5.79 Å². The number of aromatic amines is 1. The van der Waals surface area contributed by atoms with E-state index in [0.717, 1.165) is 54.5 Å². The van der Waals surface area contributed by atoms with E-state index in [1.54, 1.807) is 6.07 Å². The Labute approximate surface area is 152 Å². The summed E-state index contributed by atoms with van der Waals surface area (Å²) >= 11 is 0. The standard InChI is InChI=1S/C20H24N3O3/c24-23-10-2-5-18(21-23)15-6-7-19-16(13-15)14-25-20(26-19)8-11-22(12-9-20)17-3-1-4-17/h2,5-7,10,13,17H,1,3-4,8-9,11-12,14H2,(H,21,24)/q+1. The lowest BCUT2D eigenvalue weighted by Gasteiger charge is -2.47. The molecule has 0 amide bonds. The van der Waals surface area contributed by atoms with E-state index in [2.05, 4.69) is 10.00 Å².